The lowest BCUT2D eigenvalue weighted by Crippen LogP contribution is -2.51. The third-order valence-corrected chi connectivity index (χ3v) is 3.67. The maximum absolute atomic E-state index is 11.9. The predicted molar refractivity (Wildman–Crippen MR) is 64.8 cm³/mol. The zero-order valence-corrected chi connectivity index (χ0v) is 10.8. The SMILES string of the molecule is CCC(C(=O)O)N(C)C(=O)NC(C)C1CCC1. The first-order valence-electron chi connectivity index (χ1n) is 6.23. The van der Waals surface area contributed by atoms with Gasteiger partial charge in [-0.3, -0.25) is 0 Å². The quantitative estimate of drug-likeness (QED) is 0.770. The number of urea groups is 1. The van der Waals surface area contributed by atoms with Gasteiger partial charge in [-0.05, 0) is 32.1 Å². The molecule has 0 spiro atoms. The Morgan fingerprint density at radius 2 is 2.06 bits per heavy atom. The van der Waals surface area contributed by atoms with Crippen molar-refractivity contribution in [3.8, 4) is 0 Å². The van der Waals surface area contributed by atoms with Gasteiger partial charge >= 0.3 is 12.0 Å². The number of carbonyl (C=O) groups excluding carboxylic acids is 1. The molecule has 2 atom stereocenters. The summed E-state index contributed by atoms with van der Waals surface area (Å²) in [6.45, 7) is 3.75. The van der Waals surface area contributed by atoms with Crippen LogP contribution in [0.5, 0.6) is 0 Å². The largest absolute Gasteiger partial charge is 0.480 e. The van der Waals surface area contributed by atoms with Crippen LogP contribution in [0.2, 0.25) is 0 Å². The van der Waals surface area contributed by atoms with Crippen molar-refractivity contribution in [3.63, 3.8) is 0 Å². The van der Waals surface area contributed by atoms with Crippen molar-refractivity contribution in [2.75, 3.05) is 7.05 Å². The van der Waals surface area contributed by atoms with E-state index in [1.54, 1.807) is 6.92 Å². The van der Waals surface area contributed by atoms with Crippen LogP contribution in [0.1, 0.15) is 39.5 Å². The van der Waals surface area contributed by atoms with Gasteiger partial charge in [0.05, 0.1) is 0 Å². The fraction of sp³-hybridized carbons (Fsp3) is 0.833. The first-order valence-corrected chi connectivity index (χ1v) is 6.23. The molecule has 0 aromatic heterocycles. The van der Waals surface area contributed by atoms with Crippen LogP contribution >= 0.6 is 0 Å². The minimum atomic E-state index is -0.957. The van der Waals surface area contributed by atoms with E-state index in [0.29, 0.717) is 12.3 Å². The summed E-state index contributed by atoms with van der Waals surface area (Å²) in [5, 5.41) is 11.8. The number of rotatable bonds is 5. The summed E-state index contributed by atoms with van der Waals surface area (Å²) in [5.74, 6) is -0.404. The monoisotopic (exact) mass is 242 g/mol. The molecule has 1 aliphatic rings. The van der Waals surface area contributed by atoms with E-state index in [-0.39, 0.29) is 12.1 Å². The van der Waals surface area contributed by atoms with Crippen LogP contribution in [-0.2, 0) is 4.79 Å². The number of hydrogen-bond acceptors (Lipinski definition) is 2. The first-order chi connectivity index (χ1) is 7.97. The van der Waals surface area contributed by atoms with Gasteiger partial charge < -0.3 is 15.3 Å². The maximum Gasteiger partial charge on any atom is 0.326 e. The molecule has 2 N–H and O–H groups in total. The van der Waals surface area contributed by atoms with Gasteiger partial charge in [0.25, 0.3) is 0 Å². The van der Waals surface area contributed by atoms with E-state index < -0.39 is 12.0 Å². The molecule has 0 aliphatic heterocycles. The lowest BCUT2D eigenvalue weighted by Gasteiger charge is -2.34. The molecule has 0 bridgehead atoms. The Kier molecular flexibility index (Phi) is 4.78. The molecule has 5 nitrogen and oxygen atoms in total. The fourth-order valence-corrected chi connectivity index (χ4v) is 2.11. The Morgan fingerprint density at radius 1 is 1.47 bits per heavy atom. The molecule has 2 unspecified atom stereocenters. The molecular weight excluding hydrogens is 220 g/mol. The molecule has 1 saturated carbocycles. The molecule has 0 aromatic carbocycles. The number of likely N-dealkylation sites (N-methyl/N-ethyl adjacent to an activating group) is 1. The molecule has 0 saturated heterocycles. The fourth-order valence-electron chi connectivity index (χ4n) is 2.11. The Hall–Kier alpha value is -1.26. The lowest BCUT2D eigenvalue weighted by atomic mass is 9.80. The lowest BCUT2D eigenvalue weighted by molar-refractivity contribution is -0.141. The van der Waals surface area contributed by atoms with Gasteiger partial charge in [-0.15, -0.1) is 0 Å². The van der Waals surface area contributed by atoms with Crippen molar-refractivity contribution in [1.82, 2.24) is 10.2 Å². The van der Waals surface area contributed by atoms with Crippen LogP contribution in [0.25, 0.3) is 0 Å². The zero-order valence-electron chi connectivity index (χ0n) is 10.8. The van der Waals surface area contributed by atoms with Gasteiger partial charge in [-0.1, -0.05) is 13.3 Å². The zero-order chi connectivity index (χ0) is 13.0. The predicted octanol–water partition coefficient (Wildman–Crippen LogP) is 1.68. The van der Waals surface area contributed by atoms with Gasteiger partial charge in [0.15, 0.2) is 0 Å². The van der Waals surface area contributed by atoms with Gasteiger partial charge in [0.1, 0.15) is 6.04 Å². The molecule has 1 aliphatic carbocycles. The molecule has 0 aromatic rings. The van der Waals surface area contributed by atoms with Crippen LogP contribution in [-0.4, -0.2) is 41.1 Å². The van der Waals surface area contributed by atoms with E-state index in [2.05, 4.69) is 5.32 Å². The van der Waals surface area contributed by atoms with Crippen LogP contribution < -0.4 is 5.32 Å². The summed E-state index contributed by atoms with van der Waals surface area (Å²) in [6, 6.07) is -0.910. The molecule has 0 heterocycles. The van der Waals surface area contributed by atoms with Crippen molar-refractivity contribution in [3.05, 3.63) is 0 Å². The second-order valence-electron chi connectivity index (χ2n) is 4.80. The van der Waals surface area contributed by atoms with E-state index >= 15 is 0 Å². The van der Waals surface area contributed by atoms with Crippen molar-refractivity contribution < 1.29 is 14.7 Å². The summed E-state index contributed by atoms with van der Waals surface area (Å²) in [6.07, 6.45) is 3.95. The average molecular weight is 242 g/mol. The van der Waals surface area contributed by atoms with Gasteiger partial charge in [0, 0.05) is 13.1 Å². The van der Waals surface area contributed by atoms with Crippen molar-refractivity contribution in [2.24, 2.45) is 5.92 Å². The Bertz CT molecular complexity index is 289. The Balaban J connectivity index is 2.47. The van der Waals surface area contributed by atoms with Crippen molar-refractivity contribution in [1.29, 1.82) is 0 Å². The number of carbonyl (C=O) groups is 2. The first kappa shape index (κ1) is 13.8. The Morgan fingerprint density at radius 3 is 2.41 bits per heavy atom. The molecule has 5 heteroatoms. The summed E-state index contributed by atoms with van der Waals surface area (Å²) in [4.78, 5) is 24.1. The number of nitrogens with one attached hydrogen (secondary N) is 1. The molecule has 1 rings (SSSR count). The molecule has 1 fully saturated rings. The van der Waals surface area contributed by atoms with Gasteiger partial charge in [-0.2, -0.15) is 0 Å². The van der Waals surface area contributed by atoms with E-state index in [4.69, 9.17) is 5.11 Å². The standard InChI is InChI=1S/C12H22N2O3/c1-4-10(11(15)16)14(3)12(17)13-8(2)9-6-5-7-9/h8-10H,4-7H2,1-3H3,(H,13,17)(H,15,16). The van der Waals surface area contributed by atoms with Crippen LogP contribution in [0, 0.1) is 5.92 Å². The van der Waals surface area contributed by atoms with Gasteiger partial charge in [-0.25, -0.2) is 9.59 Å². The van der Waals surface area contributed by atoms with Crippen molar-refractivity contribution >= 4 is 12.0 Å². The number of carboxylic acid groups (broad SMARTS) is 1. The normalized spacial score (nSPS) is 19.0. The minimum Gasteiger partial charge on any atom is -0.480 e. The smallest absolute Gasteiger partial charge is 0.326 e. The molecule has 17 heavy (non-hydrogen) atoms. The molecule has 98 valence electrons. The second-order valence-corrected chi connectivity index (χ2v) is 4.80. The highest BCUT2D eigenvalue weighted by Gasteiger charge is 2.29. The third-order valence-electron chi connectivity index (χ3n) is 3.67. The number of hydrogen-bond donors (Lipinski definition) is 2. The minimum absolute atomic E-state index is 0.130. The summed E-state index contributed by atoms with van der Waals surface area (Å²) in [7, 11) is 1.53. The number of nitrogens with zero attached hydrogens (tertiary/aromatic N) is 1. The van der Waals surface area contributed by atoms with Crippen molar-refractivity contribution in [2.45, 2.75) is 51.6 Å². The van der Waals surface area contributed by atoms with Crippen LogP contribution in [0.4, 0.5) is 4.79 Å². The number of aliphatic carboxylic acids is 1. The highest BCUT2D eigenvalue weighted by Crippen LogP contribution is 2.29. The van der Waals surface area contributed by atoms with Gasteiger partial charge in [0.2, 0.25) is 0 Å². The highest BCUT2D eigenvalue weighted by molar-refractivity contribution is 5.82. The third kappa shape index (κ3) is 3.35. The molecular formula is C12H22N2O3. The van der Waals surface area contributed by atoms with Crippen LogP contribution in [0.3, 0.4) is 0 Å². The summed E-state index contributed by atoms with van der Waals surface area (Å²) < 4.78 is 0. The Labute approximate surface area is 102 Å². The maximum atomic E-state index is 11.9. The van der Waals surface area contributed by atoms with E-state index in [0.717, 1.165) is 12.8 Å². The van der Waals surface area contributed by atoms with Crippen LogP contribution in [0.15, 0.2) is 0 Å². The molecule has 2 amide bonds. The summed E-state index contributed by atoms with van der Waals surface area (Å²) in [5.41, 5.74) is 0. The van der Waals surface area contributed by atoms with E-state index in [1.807, 2.05) is 6.92 Å². The van der Waals surface area contributed by atoms with E-state index in [9.17, 15) is 9.59 Å². The van der Waals surface area contributed by atoms with E-state index in [1.165, 1.54) is 18.4 Å². The second kappa shape index (κ2) is 5.89. The highest BCUT2D eigenvalue weighted by atomic mass is 16.4. The average Bonchev–Trinajstić information content (AvgIpc) is 2.14. The topological polar surface area (TPSA) is 69.6 Å². The summed E-state index contributed by atoms with van der Waals surface area (Å²) >= 11 is 0. The number of carboxylic acids is 1. The molecule has 0 radical (unpaired) electrons. The number of amides is 2.